The minimum absolute atomic E-state index is 0.00571. The number of fused-ring (bicyclic) bond motifs is 1. The lowest BCUT2D eigenvalue weighted by atomic mass is 9.86. The second kappa shape index (κ2) is 4.88. The molecule has 1 saturated carbocycles. The van der Waals surface area contributed by atoms with E-state index in [4.69, 9.17) is 9.47 Å². The van der Waals surface area contributed by atoms with Crippen LogP contribution in [-0.2, 0) is 20.9 Å². The van der Waals surface area contributed by atoms with Crippen molar-refractivity contribution in [1.29, 1.82) is 0 Å². The van der Waals surface area contributed by atoms with Crippen molar-refractivity contribution >= 4 is 11.6 Å². The molecule has 0 spiro atoms. The lowest BCUT2D eigenvalue weighted by Crippen LogP contribution is -2.29. The molecule has 1 heterocycles. The van der Waals surface area contributed by atoms with Crippen LogP contribution in [0.15, 0.2) is 36.3 Å². The van der Waals surface area contributed by atoms with E-state index in [0.29, 0.717) is 24.5 Å². The number of ether oxygens (including phenoxy) is 2. The Hall–Kier alpha value is -2.10. The van der Waals surface area contributed by atoms with Gasteiger partial charge in [0.05, 0.1) is 5.92 Å². The molecule has 1 unspecified atom stereocenters. The highest BCUT2D eigenvalue weighted by Gasteiger charge is 2.33. The molecule has 0 saturated heterocycles. The molecule has 0 amide bonds. The molecule has 4 heteroatoms. The maximum Gasteiger partial charge on any atom is 0.150 e. The quantitative estimate of drug-likeness (QED) is 0.773. The van der Waals surface area contributed by atoms with Gasteiger partial charge in [0.25, 0.3) is 0 Å². The molecular formula is C15H13O4. The summed E-state index contributed by atoms with van der Waals surface area (Å²) in [7, 11) is 0. The van der Waals surface area contributed by atoms with Gasteiger partial charge in [0, 0.05) is 24.8 Å². The predicted molar refractivity (Wildman–Crippen MR) is 67.0 cm³/mol. The van der Waals surface area contributed by atoms with Gasteiger partial charge in [-0.05, 0) is 6.07 Å². The van der Waals surface area contributed by atoms with Gasteiger partial charge in [-0.1, -0.05) is 18.2 Å². The molecule has 1 atom stereocenters. The molecule has 3 rings (SSSR count). The van der Waals surface area contributed by atoms with Crippen LogP contribution in [0, 0.1) is 12.3 Å². The first-order valence-electron chi connectivity index (χ1n) is 6.22. The Morgan fingerprint density at radius 2 is 1.95 bits per heavy atom. The number of benzene rings is 1. The zero-order valence-corrected chi connectivity index (χ0v) is 10.3. The summed E-state index contributed by atoms with van der Waals surface area (Å²) >= 11 is 0. The van der Waals surface area contributed by atoms with E-state index in [1.165, 1.54) is 12.7 Å². The van der Waals surface area contributed by atoms with Gasteiger partial charge >= 0.3 is 0 Å². The number of ketones is 2. The first-order chi connectivity index (χ1) is 9.24. The van der Waals surface area contributed by atoms with Crippen LogP contribution in [-0.4, -0.2) is 11.6 Å². The molecule has 0 aromatic heterocycles. The molecule has 0 N–H and O–H groups in total. The van der Waals surface area contributed by atoms with Gasteiger partial charge in [0.1, 0.15) is 35.9 Å². The Balaban J connectivity index is 1.87. The summed E-state index contributed by atoms with van der Waals surface area (Å²) in [5.41, 5.74) is 0.920. The molecule has 1 aliphatic heterocycles. The van der Waals surface area contributed by atoms with Gasteiger partial charge in [0.15, 0.2) is 0 Å². The Bertz CT molecular complexity index is 559. The first-order valence-corrected chi connectivity index (χ1v) is 6.22. The fraction of sp³-hybridized carbons (Fsp3) is 0.267. The molecule has 4 nitrogen and oxygen atoms in total. The van der Waals surface area contributed by atoms with Crippen LogP contribution in [0.1, 0.15) is 18.4 Å². The van der Waals surface area contributed by atoms with Crippen LogP contribution in [0.2, 0.25) is 0 Å². The first kappa shape index (κ1) is 12.0. The molecule has 1 aromatic carbocycles. The van der Waals surface area contributed by atoms with Crippen LogP contribution in [0.5, 0.6) is 5.75 Å². The molecule has 19 heavy (non-hydrogen) atoms. The Morgan fingerprint density at radius 1 is 1.11 bits per heavy atom. The highest BCUT2D eigenvalue weighted by molar-refractivity contribution is 6.01. The normalized spacial score (nSPS) is 22.7. The zero-order chi connectivity index (χ0) is 13.2. The number of rotatable bonds is 1. The average Bonchev–Trinajstić information content (AvgIpc) is 2.63. The van der Waals surface area contributed by atoms with E-state index in [1.54, 1.807) is 0 Å². The minimum Gasteiger partial charge on any atom is -0.493 e. The lowest BCUT2D eigenvalue weighted by Gasteiger charge is -2.21. The van der Waals surface area contributed by atoms with Crippen LogP contribution < -0.4 is 4.74 Å². The van der Waals surface area contributed by atoms with Crippen molar-refractivity contribution in [2.24, 2.45) is 5.92 Å². The SMILES string of the molecule is O=C1[CH]C(C2=COCc3ccccc3O2)C(=O)CC1. The standard InChI is InChI=1S/C15H13O4/c16-11-5-6-13(17)12(7-11)15-9-18-8-10-3-1-2-4-14(10)19-15/h1-4,7,9,12H,5-6,8H2. The van der Waals surface area contributed by atoms with E-state index in [1.807, 2.05) is 24.3 Å². The van der Waals surface area contributed by atoms with Crippen LogP contribution >= 0.6 is 0 Å². The van der Waals surface area contributed by atoms with E-state index in [-0.39, 0.29) is 18.0 Å². The molecule has 0 bridgehead atoms. The molecule has 1 fully saturated rings. The minimum atomic E-state index is -0.618. The van der Waals surface area contributed by atoms with E-state index in [0.717, 1.165) is 5.56 Å². The largest absolute Gasteiger partial charge is 0.493 e. The van der Waals surface area contributed by atoms with E-state index in [2.05, 4.69) is 0 Å². The second-order valence-electron chi connectivity index (χ2n) is 4.62. The van der Waals surface area contributed by atoms with Gasteiger partial charge in [0.2, 0.25) is 0 Å². The van der Waals surface area contributed by atoms with Crippen molar-refractivity contribution in [2.75, 3.05) is 0 Å². The Morgan fingerprint density at radius 3 is 2.84 bits per heavy atom. The topological polar surface area (TPSA) is 52.6 Å². The Kier molecular flexibility index (Phi) is 3.07. The predicted octanol–water partition coefficient (Wildman–Crippen LogP) is 2.19. The van der Waals surface area contributed by atoms with Crippen molar-refractivity contribution in [3.63, 3.8) is 0 Å². The van der Waals surface area contributed by atoms with Crippen LogP contribution in [0.25, 0.3) is 0 Å². The van der Waals surface area contributed by atoms with Crippen molar-refractivity contribution in [3.8, 4) is 5.75 Å². The van der Waals surface area contributed by atoms with E-state index in [9.17, 15) is 9.59 Å². The third-order valence-corrected chi connectivity index (χ3v) is 3.26. The summed E-state index contributed by atoms with van der Waals surface area (Å²) < 4.78 is 11.1. The maximum absolute atomic E-state index is 11.9. The third-order valence-electron chi connectivity index (χ3n) is 3.26. The van der Waals surface area contributed by atoms with Crippen molar-refractivity contribution in [1.82, 2.24) is 0 Å². The molecule has 1 radical (unpaired) electrons. The maximum atomic E-state index is 11.9. The lowest BCUT2D eigenvalue weighted by molar-refractivity contribution is -0.128. The van der Waals surface area contributed by atoms with Crippen molar-refractivity contribution < 1.29 is 19.1 Å². The number of carbonyl (C=O) groups is 2. The van der Waals surface area contributed by atoms with Crippen molar-refractivity contribution in [2.45, 2.75) is 19.4 Å². The number of hydrogen-bond acceptors (Lipinski definition) is 4. The third kappa shape index (κ3) is 2.38. The van der Waals surface area contributed by atoms with Gasteiger partial charge in [-0.25, -0.2) is 0 Å². The summed E-state index contributed by atoms with van der Waals surface area (Å²) in [6.07, 6.45) is 3.43. The number of para-hydroxylation sites is 1. The van der Waals surface area contributed by atoms with Gasteiger partial charge in [-0.2, -0.15) is 0 Å². The molecule has 97 valence electrons. The Labute approximate surface area is 111 Å². The fourth-order valence-corrected chi connectivity index (χ4v) is 2.23. The molecule has 1 aliphatic carbocycles. The van der Waals surface area contributed by atoms with E-state index >= 15 is 0 Å². The summed E-state index contributed by atoms with van der Waals surface area (Å²) in [5.74, 6) is 0.418. The number of Topliss-reactive ketones (excluding diaryl/α,β-unsaturated/α-hetero) is 2. The van der Waals surface area contributed by atoms with E-state index < -0.39 is 5.92 Å². The summed E-state index contributed by atoms with van der Waals surface area (Å²) in [5, 5.41) is 0. The average molecular weight is 257 g/mol. The number of hydrogen-bond donors (Lipinski definition) is 0. The number of allylic oxidation sites excluding steroid dienone is 1. The van der Waals surface area contributed by atoms with Crippen LogP contribution in [0.3, 0.4) is 0 Å². The summed E-state index contributed by atoms with van der Waals surface area (Å²) in [4.78, 5) is 23.4. The summed E-state index contributed by atoms with van der Waals surface area (Å²) in [6, 6.07) is 7.49. The zero-order valence-electron chi connectivity index (χ0n) is 10.3. The van der Waals surface area contributed by atoms with Gasteiger partial charge < -0.3 is 9.47 Å². The smallest absolute Gasteiger partial charge is 0.150 e. The molecule has 1 aromatic rings. The van der Waals surface area contributed by atoms with Crippen molar-refractivity contribution in [3.05, 3.63) is 48.3 Å². The van der Waals surface area contributed by atoms with Gasteiger partial charge in [-0.15, -0.1) is 0 Å². The summed E-state index contributed by atoms with van der Waals surface area (Å²) in [6.45, 7) is 0.397. The fourth-order valence-electron chi connectivity index (χ4n) is 2.23. The van der Waals surface area contributed by atoms with Crippen LogP contribution in [0.4, 0.5) is 0 Å². The highest BCUT2D eigenvalue weighted by atomic mass is 16.5. The molecular weight excluding hydrogens is 244 g/mol. The molecule has 2 aliphatic rings. The highest BCUT2D eigenvalue weighted by Crippen LogP contribution is 2.31. The monoisotopic (exact) mass is 257 g/mol. The second-order valence-corrected chi connectivity index (χ2v) is 4.62. The number of carbonyl (C=O) groups excluding carboxylic acids is 2. The van der Waals surface area contributed by atoms with Gasteiger partial charge in [-0.3, -0.25) is 9.59 Å².